The second-order valence-electron chi connectivity index (χ2n) is 5.87. The third-order valence-corrected chi connectivity index (χ3v) is 4.11. The highest BCUT2D eigenvalue weighted by Gasteiger charge is 2.33. The Morgan fingerprint density at radius 1 is 1.12 bits per heavy atom. The lowest BCUT2D eigenvalue weighted by atomic mass is 10.1. The molecular weight excluding hydrogens is 304 g/mol. The van der Waals surface area contributed by atoms with Crippen molar-refractivity contribution in [2.45, 2.75) is 31.9 Å². The first-order chi connectivity index (χ1) is 11.7. The van der Waals surface area contributed by atoms with Gasteiger partial charge < -0.3 is 9.64 Å². The molecule has 1 aromatic heterocycles. The summed E-state index contributed by atoms with van der Waals surface area (Å²) in [5.74, 6) is -0.408. The molecule has 1 aliphatic rings. The molecule has 3 rings (SSSR count). The Morgan fingerprint density at radius 3 is 2.54 bits per heavy atom. The molecule has 1 atom stereocenters. The first kappa shape index (κ1) is 16.2. The van der Waals surface area contributed by atoms with Gasteiger partial charge in [0.2, 0.25) is 0 Å². The largest absolute Gasteiger partial charge is 0.452 e. The first-order valence-electron chi connectivity index (χ1n) is 8.13. The molecule has 0 bridgehead atoms. The fourth-order valence-electron chi connectivity index (χ4n) is 2.79. The average molecular weight is 324 g/mol. The van der Waals surface area contributed by atoms with Crippen LogP contribution in [0.2, 0.25) is 0 Å². The highest BCUT2D eigenvalue weighted by molar-refractivity contribution is 5.86. The number of cyclic esters (lactones) is 1. The number of pyridine rings is 1. The van der Waals surface area contributed by atoms with Gasteiger partial charge in [0.25, 0.3) is 5.91 Å². The highest BCUT2D eigenvalue weighted by atomic mass is 16.6. The van der Waals surface area contributed by atoms with Crippen LogP contribution in [0, 0.1) is 0 Å². The van der Waals surface area contributed by atoms with Crippen LogP contribution in [0.25, 0.3) is 0 Å². The van der Waals surface area contributed by atoms with Gasteiger partial charge in [-0.05, 0) is 29.7 Å². The quantitative estimate of drug-likeness (QED) is 0.765. The summed E-state index contributed by atoms with van der Waals surface area (Å²) < 4.78 is 5.15. The molecule has 124 valence electrons. The van der Waals surface area contributed by atoms with Crippen molar-refractivity contribution in [2.24, 2.45) is 0 Å². The Hall–Kier alpha value is -2.69. The van der Waals surface area contributed by atoms with E-state index in [0.717, 1.165) is 12.0 Å². The number of esters is 1. The molecule has 0 saturated carbocycles. The monoisotopic (exact) mass is 324 g/mol. The first-order valence-corrected chi connectivity index (χ1v) is 8.13. The molecule has 0 unspecified atom stereocenters. The minimum atomic E-state index is -0.643. The minimum Gasteiger partial charge on any atom is -0.452 e. The Kier molecular flexibility index (Phi) is 5.21. The minimum absolute atomic E-state index is 0.117. The molecule has 1 fully saturated rings. The summed E-state index contributed by atoms with van der Waals surface area (Å²) in [5, 5.41) is 0. The Bertz CT molecular complexity index is 688. The number of hydrogen-bond acceptors (Lipinski definition) is 4. The van der Waals surface area contributed by atoms with Crippen molar-refractivity contribution in [3.8, 4) is 0 Å². The normalized spacial score (nSPS) is 16.7. The average Bonchev–Trinajstić information content (AvgIpc) is 3.06. The van der Waals surface area contributed by atoms with Crippen LogP contribution in [0.1, 0.15) is 24.0 Å². The van der Waals surface area contributed by atoms with Crippen molar-refractivity contribution >= 4 is 11.9 Å². The highest BCUT2D eigenvalue weighted by Crippen LogP contribution is 2.18. The van der Waals surface area contributed by atoms with Gasteiger partial charge in [0.15, 0.2) is 6.10 Å². The van der Waals surface area contributed by atoms with Crippen molar-refractivity contribution in [3.63, 3.8) is 0 Å². The molecule has 0 aliphatic carbocycles. The van der Waals surface area contributed by atoms with E-state index < -0.39 is 6.10 Å². The molecule has 2 aromatic rings. The van der Waals surface area contributed by atoms with E-state index >= 15 is 0 Å². The van der Waals surface area contributed by atoms with Crippen LogP contribution in [0.4, 0.5) is 0 Å². The number of nitrogens with zero attached hydrogens (tertiary/aromatic N) is 2. The molecule has 1 aliphatic heterocycles. The Balaban J connectivity index is 1.70. The molecule has 0 radical (unpaired) electrons. The topological polar surface area (TPSA) is 59.5 Å². The van der Waals surface area contributed by atoms with Gasteiger partial charge in [-0.15, -0.1) is 0 Å². The maximum atomic E-state index is 12.7. The van der Waals surface area contributed by atoms with E-state index in [2.05, 4.69) is 4.98 Å². The molecule has 2 heterocycles. The van der Waals surface area contributed by atoms with E-state index in [-0.39, 0.29) is 11.9 Å². The molecule has 1 saturated heterocycles. The molecule has 0 spiro atoms. The summed E-state index contributed by atoms with van der Waals surface area (Å²) >= 11 is 0. The third kappa shape index (κ3) is 4.19. The fourth-order valence-corrected chi connectivity index (χ4v) is 2.79. The lowest BCUT2D eigenvalue weighted by Gasteiger charge is -2.25. The van der Waals surface area contributed by atoms with Crippen LogP contribution in [-0.2, 0) is 27.3 Å². The Labute approximate surface area is 141 Å². The molecule has 1 amide bonds. The predicted octanol–water partition coefficient (Wildman–Crippen LogP) is 2.36. The summed E-state index contributed by atoms with van der Waals surface area (Å²) in [4.78, 5) is 29.8. The number of carbonyl (C=O) groups is 2. The van der Waals surface area contributed by atoms with Crippen LogP contribution in [0.5, 0.6) is 0 Å². The van der Waals surface area contributed by atoms with Gasteiger partial charge >= 0.3 is 5.97 Å². The summed E-state index contributed by atoms with van der Waals surface area (Å²) in [6, 6.07) is 13.8. The maximum absolute atomic E-state index is 12.7. The summed E-state index contributed by atoms with van der Waals surface area (Å²) in [6.45, 7) is 1.07. The second-order valence-corrected chi connectivity index (χ2v) is 5.87. The van der Waals surface area contributed by atoms with Gasteiger partial charge in [0.1, 0.15) is 0 Å². The van der Waals surface area contributed by atoms with Crippen LogP contribution in [0.3, 0.4) is 0 Å². The summed E-state index contributed by atoms with van der Waals surface area (Å²) in [5.41, 5.74) is 2.18. The van der Waals surface area contributed by atoms with Gasteiger partial charge in [-0.2, -0.15) is 0 Å². The molecule has 1 aromatic carbocycles. The van der Waals surface area contributed by atoms with E-state index in [0.29, 0.717) is 25.9 Å². The SMILES string of the molecule is O=C1CC[C@@H](C(=O)N(CCc2ccccc2)Cc2ccncc2)O1. The maximum Gasteiger partial charge on any atom is 0.306 e. The standard InChI is InChI=1S/C19H20N2O3/c22-18-7-6-17(24-18)19(23)21(14-16-8-11-20-12-9-16)13-10-15-4-2-1-3-5-15/h1-5,8-9,11-12,17H,6-7,10,13-14H2/t17-/m0/s1. The molecular formula is C19H20N2O3. The van der Waals surface area contributed by atoms with Crippen LogP contribution in [-0.4, -0.2) is 34.4 Å². The van der Waals surface area contributed by atoms with Crippen molar-refractivity contribution in [1.82, 2.24) is 9.88 Å². The van der Waals surface area contributed by atoms with Gasteiger partial charge in [-0.3, -0.25) is 14.6 Å². The zero-order chi connectivity index (χ0) is 16.8. The van der Waals surface area contributed by atoms with Gasteiger partial charge in [-0.25, -0.2) is 0 Å². The number of aromatic nitrogens is 1. The smallest absolute Gasteiger partial charge is 0.306 e. The van der Waals surface area contributed by atoms with Crippen molar-refractivity contribution < 1.29 is 14.3 Å². The van der Waals surface area contributed by atoms with Crippen LogP contribution >= 0.6 is 0 Å². The van der Waals surface area contributed by atoms with Gasteiger partial charge in [0.05, 0.1) is 0 Å². The number of rotatable bonds is 6. The molecule has 24 heavy (non-hydrogen) atoms. The number of ether oxygens (including phenoxy) is 1. The van der Waals surface area contributed by atoms with E-state index in [9.17, 15) is 9.59 Å². The molecule has 5 nitrogen and oxygen atoms in total. The van der Waals surface area contributed by atoms with E-state index in [1.54, 1.807) is 17.3 Å². The zero-order valence-electron chi connectivity index (χ0n) is 13.4. The summed E-state index contributed by atoms with van der Waals surface area (Å²) in [7, 11) is 0. The number of hydrogen-bond donors (Lipinski definition) is 0. The molecule has 0 N–H and O–H groups in total. The second kappa shape index (κ2) is 7.73. The number of carbonyl (C=O) groups excluding carboxylic acids is 2. The van der Waals surface area contributed by atoms with E-state index in [4.69, 9.17) is 4.74 Å². The molecule has 5 heteroatoms. The van der Waals surface area contributed by atoms with Crippen molar-refractivity contribution in [2.75, 3.05) is 6.54 Å². The van der Waals surface area contributed by atoms with Crippen LogP contribution in [0.15, 0.2) is 54.9 Å². The van der Waals surface area contributed by atoms with Crippen molar-refractivity contribution in [1.29, 1.82) is 0 Å². The van der Waals surface area contributed by atoms with Gasteiger partial charge in [0, 0.05) is 38.3 Å². The number of benzene rings is 1. The summed E-state index contributed by atoms with van der Waals surface area (Å²) in [6.07, 6.45) is 4.33. The number of amides is 1. The third-order valence-electron chi connectivity index (χ3n) is 4.11. The Morgan fingerprint density at radius 2 is 1.88 bits per heavy atom. The van der Waals surface area contributed by atoms with E-state index in [1.807, 2.05) is 42.5 Å². The predicted molar refractivity (Wildman–Crippen MR) is 88.9 cm³/mol. The van der Waals surface area contributed by atoms with Crippen molar-refractivity contribution in [3.05, 3.63) is 66.0 Å². The zero-order valence-corrected chi connectivity index (χ0v) is 13.4. The van der Waals surface area contributed by atoms with E-state index in [1.165, 1.54) is 5.56 Å². The lowest BCUT2D eigenvalue weighted by molar-refractivity contribution is -0.153. The lowest BCUT2D eigenvalue weighted by Crippen LogP contribution is -2.39. The van der Waals surface area contributed by atoms with Crippen LogP contribution < -0.4 is 0 Å². The fraction of sp³-hybridized carbons (Fsp3) is 0.316. The van der Waals surface area contributed by atoms with Gasteiger partial charge in [-0.1, -0.05) is 30.3 Å².